The smallest absolute Gasteiger partial charge is 0.255 e. The Balaban J connectivity index is 1.50. The summed E-state index contributed by atoms with van der Waals surface area (Å²) in [6, 6.07) is 1.92. The Morgan fingerprint density at radius 3 is 2.75 bits per heavy atom. The fourth-order valence-electron chi connectivity index (χ4n) is 3.23. The minimum absolute atomic E-state index is 0.103. The molecule has 1 amide bonds. The van der Waals surface area contributed by atoms with Crippen molar-refractivity contribution in [1.82, 2.24) is 14.8 Å². The average molecular weight is 332 g/mol. The van der Waals surface area contributed by atoms with Crippen LogP contribution in [-0.2, 0) is 4.74 Å². The largest absolute Gasteiger partial charge is 0.382 e. The van der Waals surface area contributed by atoms with E-state index < -0.39 is 0 Å². The number of piperidine rings is 1. The van der Waals surface area contributed by atoms with Crippen molar-refractivity contribution >= 4 is 11.6 Å². The lowest BCUT2D eigenvalue weighted by molar-refractivity contribution is 0.0398. The molecule has 3 heterocycles. The first kappa shape index (κ1) is 17.2. The van der Waals surface area contributed by atoms with Crippen LogP contribution in [0.2, 0.25) is 0 Å². The minimum atomic E-state index is 0.103. The molecule has 0 aromatic carbocycles. The first-order chi connectivity index (χ1) is 11.7. The first-order valence-electron chi connectivity index (χ1n) is 9.00. The average Bonchev–Trinajstić information content (AvgIpc) is 2.63. The molecule has 132 valence electrons. The molecule has 2 saturated heterocycles. The number of likely N-dealkylation sites (tertiary alicyclic amines) is 1. The molecule has 0 saturated carbocycles. The normalized spacial score (nSPS) is 20.1. The number of pyridine rings is 1. The highest BCUT2D eigenvalue weighted by atomic mass is 16.5. The lowest BCUT2D eigenvalue weighted by atomic mass is 9.99. The number of carbonyl (C=O) groups excluding carboxylic acids is 1. The highest BCUT2D eigenvalue weighted by molar-refractivity contribution is 5.94. The van der Waals surface area contributed by atoms with Crippen molar-refractivity contribution in [2.45, 2.75) is 19.8 Å². The molecule has 0 unspecified atom stereocenters. The molecule has 0 spiro atoms. The molecule has 0 bridgehead atoms. The predicted octanol–water partition coefficient (Wildman–Crippen LogP) is 1.70. The number of amides is 1. The molecular weight excluding hydrogens is 304 g/mol. The highest BCUT2D eigenvalue weighted by Gasteiger charge is 2.21. The number of hydrogen-bond acceptors (Lipinski definition) is 5. The summed E-state index contributed by atoms with van der Waals surface area (Å²) >= 11 is 0. The van der Waals surface area contributed by atoms with Gasteiger partial charge < -0.3 is 15.0 Å². The van der Waals surface area contributed by atoms with Crippen molar-refractivity contribution in [3.63, 3.8) is 0 Å². The second-order valence-electron chi connectivity index (χ2n) is 6.82. The van der Waals surface area contributed by atoms with Crippen LogP contribution in [-0.4, -0.2) is 73.2 Å². The predicted molar refractivity (Wildman–Crippen MR) is 94.3 cm³/mol. The summed E-state index contributed by atoms with van der Waals surface area (Å²) in [7, 11) is 0. The van der Waals surface area contributed by atoms with Crippen LogP contribution in [0.25, 0.3) is 0 Å². The summed E-state index contributed by atoms with van der Waals surface area (Å²) < 4.78 is 5.36. The third-order valence-corrected chi connectivity index (χ3v) is 4.92. The van der Waals surface area contributed by atoms with Crippen molar-refractivity contribution in [2.24, 2.45) is 5.92 Å². The molecule has 3 rings (SSSR count). The summed E-state index contributed by atoms with van der Waals surface area (Å²) in [4.78, 5) is 21.2. The van der Waals surface area contributed by atoms with Crippen molar-refractivity contribution in [1.29, 1.82) is 0 Å². The molecule has 2 aliphatic rings. The van der Waals surface area contributed by atoms with Gasteiger partial charge in [0.15, 0.2) is 0 Å². The molecule has 2 fully saturated rings. The van der Waals surface area contributed by atoms with E-state index in [1.807, 2.05) is 11.0 Å². The number of carbonyl (C=O) groups is 1. The van der Waals surface area contributed by atoms with Crippen LogP contribution in [0.4, 0.5) is 5.69 Å². The minimum Gasteiger partial charge on any atom is -0.382 e. The van der Waals surface area contributed by atoms with Gasteiger partial charge in [0.2, 0.25) is 0 Å². The van der Waals surface area contributed by atoms with Gasteiger partial charge in [-0.05, 0) is 24.8 Å². The lowest BCUT2D eigenvalue weighted by Crippen LogP contribution is -2.39. The van der Waals surface area contributed by atoms with E-state index in [2.05, 4.69) is 22.1 Å². The zero-order valence-corrected chi connectivity index (χ0v) is 14.5. The lowest BCUT2D eigenvalue weighted by Gasteiger charge is -2.30. The van der Waals surface area contributed by atoms with Crippen molar-refractivity contribution in [3.05, 3.63) is 24.0 Å². The number of morpholine rings is 1. The van der Waals surface area contributed by atoms with Crippen LogP contribution in [0, 0.1) is 5.92 Å². The van der Waals surface area contributed by atoms with Gasteiger partial charge >= 0.3 is 0 Å². The molecule has 1 aromatic heterocycles. The zero-order chi connectivity index (χ0) is 16.8. The number of hydrogen-bond donors (Lipinski definition) is 1. The molecule has 2 aliphatic heterocycles. The Morgan fingerprint density at radius 2 is 2.00 bits per heavy atom. The van der Waals surface area contributed by atoms with Gasteiger partial charge in [0.25, 0.3) is 5.91 Å². The van der Waals surface area contributed by atoms with Crippen LogP contribution in [0.3, 0.4) is 0 Å². The topological polar surface area (TPSA) is 57.7 Å². The van der Waals surface area contributed by atoms with Gasteiger partial charge in [0, 0.05) is 51.7 Å². The number of anilines is 1. The second kappa shape index (κ2) is 8.44. The SMILES string of the molecule is CC1CCN(C(=O)c2cncc(NCCN3CCOCC3)c2)CC1. The van der Waals surface area contributed by atoms with Gasteiger partial charge in [-0.3, -0.25) is 14.7 Å². The zero-order valence-electron chi connectivity index (χ0n) is 14.5. The Hall–Kier alpha value is -1.66. The van der Waals surface area contributed by atoms with E-state index in [9.17, 15) is 4.79 Å². The Morgan fingerprint density at radius 1 is 1.25 bits per heavy atom. The number of rotatable bonds is 5. The maximum Gasteiger partial charge on any atom is 0.255 e. The maximum absolute atomic E-state index is 12.6. The molecule has 1 aromatic rings. The van der Waals surface area contributed by atoms with E-state index >= 15 is 0 Å². The maximum atomic E-state index is 12.6. The van der Waals surface area contributed by atoms with E-state index in [0.717, 1.165) is 76.9 Å². The van der Waals surface area contributed by atoms with Gasteiger partial charge in [-0.2, -0.15) is 0 Å². The molecular formula is C18H28N4O2. The fraction of sp³-hybridized carbons (Fsp3) is 0.667. The number of ether oxygens (including phenoxy) is 1. The number of aromatic nitrogens is 1. The van der Waals surface area contributed by atoms with E-state index in [1.165, 1.54) is 0 Å². The van der Waals surface area contributed by atoms with E-state index in [0.29, 0.717) is 5.56 Å². The summed E-state index contributed by atoms with van der Waals surface area (Å²) in [6.07, 6.45) is 5.65. The van der Waals surface area contributed by atoms with Crippen molar-refractivity contribution in [2.75, 3.05) is 57.8 Å². The molecule has 0 atom stereocenters. The molecule has 6 heteroatoms. The van der Waals surface area contributed by atoms with E-state index in [-0.39, 0.29) is 5.91 Å². The molecule has 24 heavy (non-hydrogen) atoms. The highest BCUT2D eigenvalue weighted by Crippen LogP contribution is 2.19. The van der Waals surface area contributed by atoms with Crippen LogP contribution in [0.15, 0.2) is 18.5 Å². The summed E-state index contributed by atoms with van der Waals surface area (Å²) in [6.45, 7) is 9.41. The summed E-state index contributed by atoms with van der Waals surface area (Å²) in [5, 5.41) is 3.38. The van der Waals surface area contributed by atoms with Gasteiger partial charge in [-0.15, -0.1) is 0 Å². The second-order valence-corrected chi connectivity index (χ2v) is 6.82. The van der Waals surface area contributed by atoms with Crippen LogP contribution >= 0.6 is 0 Å². The van der Waals surface area contributed by atoms with Crippen molar-refractivity contribution in [3.8, 4) is 0 Å². The van der Waals surface area contributed by atoms with Gasteiger partial charge in [0.05, 0.1) is 24.5 Å². The third-order valence-electron chi connectivity index (χ3n) is 4.92. The molecule has 0 aliphatic carbocycles. The quantitative estimate of drug-likeness (QED) is 0.889. The van der Waals surface area contributed by atoms with Gasteiger partial charge in [0.1, 0.15) is 0 Å². The van der Waals surface area contributed by atoms with Crippen LogP contribution in [0.5, 0.6) is 0 Å². The monoisotopic (exact) mass is 332 g/mol. The summed E-state index contributed by atoms with van der Waals surface area (Å²) in [5.74, 6) is 0.826. The fourth-order valence-corrected chi connectivity index (χ4v) is 3.23. The molecule has 0 radical (unpaired) electrons. The summed E-state index contributed by atoms with van der Waals surface area (Å²) in [5.41, 5.74) is 1.60. The number of nitrogens with one attached hydrogen (secondary N) is 1. The van der Waals surface area contributed by atoms with E-state index in [1.54, 1.807) is 12.4 Å². The van der Waals surface area contributed by atoms with Crippen LogP contribution in [0.1, 0.15) is 30.1 Å². The van der Waals surface area contributed by atoms with Crippen LogP contribution < -0.4 is 5.32 Å². The third kappa shape index (κ3) is 4.68. The molecule has 1 N–H and O–H groups in total. The van der Waals surface area contributed by atoms with Gasteiger partial charge in [-0.25, -0.2) is 0 Å². The first-order valence-corrected chi connectivity index (χ1v) is 9.00. The van der Waals surface area contributed by atoms with E-state index in [4.69, 9.17) is 4.74 Å². The Kier molecular flexibility index (Phi) is 6.04. The van der Waals surface area contributed by atoms with Gasteiger partial charge in [-0.1, -0.05) is 6.92 Å². The number of nitrogens with zero attached hydrogens (tertiary/aromatic N) is 3. The standard InChI is InChI=1S/C18H28N4O2/c1-15-2-5-22(6-3-15)18(23)16-12-17(14-19-13-16)20-4-7-21-8-10-24-11-9-21/h12-15,20H,2-11H2,1H3. The molecule has 6 nitrogen and oxygen atoms in total. The van der Waals surface area contributed by atoms with Crippen molar-refractivity contribution < 1.29 is 9.53 Å². The Bertz CT molecular complexity index is 538. The Labute approximate surface area is 144 Å².